The van der Waals surface area contributed by atoms with Crippen LogP contribution < -0.4 is 0 Å². The second kappa shape index (κ2) is 6.20. The van der Waals surface area contributed by atoms with Gasteiger partial charge in [-0.25, -0.2) is 4.39 Å². The van der Waals surface area contributed by atoms with Gasteiger partial charge in [-0.1, -0.05) is 6.07 Å². The Kier molecular flexibility index (Phi) is 3.79. The van der Waals surface area contributed by atoms with Gasteiger partial charge < -0.3 is 4.81 Å². The van der Waals surface area contributed by atoms with Crippen molar-refractivity contribution in [3.05, 3.63) is 48.5 Å². The number of aromatic nitrogens is 4. The average Bonchev–Trinajstić information content (AvgIpc) is 3.24. The van der Waals surface area contributed by atoms with Gasteiger partial charge in [0.25, 0.3) is 0 Å². The summed E-state index contributed by atoms with van der Waals surface area (Å²) in [5.41, 5.74) is 3.18. The van der Waals surface area contributed by atoms with E-state index in [1.807, 2.05) is 29.2 Å². The minimum absolute atomic E-state index is 0.299. The smallest absolute Gasteiger partial charge is 0.182 e. The van der Waals surface area contributed by atoms with Crippen LogP contribution in [0.4, 0.5) is 4.39 Å². The predicted molar refractivity (Wildman–Crippen MR) is 105 cm³/mol. The molecule has 0 unspecified atom stereocenters. The number of benzene rings is 2. The molecule has 0 N–H and O–H groups in total. The van der Waals surface area contributed by atoms with Crippen LogP contribution in [-0.2, 0) is 7.05 Å². The largest absolute Gasteiger partial charge is 0.353 e. The molecule has 4 aromatic rings. The minimum atomic E-state index is -0.299. The fraction of sp³-hybridized carbons (Fsp3) is 0.300. The maximum absolute atomic E-state index is 14.4. The third kappa shape index (κ3) is 2.92. The maximum Gasteiger partial charge on any atom is 0.182 e. The zero-order valence-electron chi connectivity index (χ0n) is 15.1. The van der Waals surface area contributed by atoms with Crippen LogP contribution in [0.2, 0.25) is 0 Å². The first kappa shape index (κ1) is 16.5. The zero-order valence-corrected chi connectivity index (χ0v) is 15.1. The second-order valence-electron chi connectivity index (χ2n) is 7.35. The van der Waals surface area contributed by atoms with Gasteiger partial charge >= 0.3 is 0 Å². The number of hydrogen-bond donors (Lipinski definition) is 0. The van der Waals surface area contributed by atoms with Gasteiger partial charge in [0.1, 0.15) is 5.52 Å². The fourth-order valence-electron chi connectivity index (χ4n) is 3.94. The van der Waals surface area contributed by atoms with Crippen molar-refractivity contribution in [2.75, 3.05) is 13.1 Å². The van der Waals surface area contributed by atoms with Crippen molar-refractivity contribution in [2.45, 2.75) is 18.9 Å². The Labute approximate surface area is 157 Å². The highest BCUT2D eigenvalue weighted by Crippen LogP contribution is 2.30. The molecule has 0 amide bonds. The lowest BCUT2D eigenvalue weighted by atomic mass is 10.0. The molecule has 27 heavy (non-hydrogen) atoms. The van der Waals surface area contributed by atoms with E-state index in [1.54, 1.807) is 17.8 Å². The summed E-state index contributed by atoms with van der Waals surface area (Å²) in [4.78, 5) is 1.86. The van der Waals surface area contributed by atoms with E-state index in [4.69, 9.17) is 13.1 Å². The summed E-state index contributed by atoms with van der Waals surface area (Å²) in [6.07, 6.45) is 5.93. The van der Waals surface area contributed by atoms with Gasteiger partial charge in [0.2, 0.25) is 0 Å². The van der Waals surface area contributed by atoms with E-state index in [0.29, 0.717) is 11.6 Å². The van der Waals surface area contributed by atoms with Crippen LogP contribution in [0.5, 0.6) is 0 Å². The highest BCUT2D eigenvalue weighted by Gasteiger charge is 2.19. The van der Waals surface area contributed by atoms with E-state index in [1.165, 1.54) is 0 Å². The third-order valence-corrected chi connectivity index (χ3v) is 5.41. The lowest BCUT2D eigenvalue weighted by Gasteiger charge is -2.29. The summed E-state index contributed by atoms with van der Waals surface area (Å²) in [5.74, 6) is -0.299. The van der Waals surface area contributed by atoms with Crippen LogP contribution in [0, 0.1) is 5.82 Å². The molecule has 1 fully saturated rings. The summed E-state index contributed by atoms with van der Waals surface area (Å²) in [5, 5.41) is 10.8. The van der Waals surface area contributed by atoms with Crippen LogP contribution in [0.3, 0.4) is 0 Å². The van der Waals surface area contributed by atoms with Crippen molar-refractivity contribution in [1.82, 2.24) is 24.4 Å². The van der Waals surface area contributed by atoms with E-state index < -0.39 is 0 Å². The van der Waals surface area contributed by atoms with Crippen LogP contribution in [0.15, 0.2) is 42.7 Å². The first-order chi connectivity index (χ1) is 13.1. The lowest BCUT2D eigenvalue weighted by Crippen LogP contribution is -2.32. The molecule has 0 spiro atoms. The summed E-state index contributed by atoms with van der Waals surface area (Å²) in [7, 11) is 7.65. The highest BCUT2D eigenvalue weighted by molar-refractivity contribution is 6.04. The Balaban J connectivity index is 1.53. The number of halogens is 1. The number of aryl methyl sites for hydroxylation is 1. The third-order valence-electron chi connectivity index (χ3n) is 5.41. The Morgan fingerprint density at radius 2 is 1.78 bits per heavy atom. The van der Waals surface area contributed by atoms with E-state index in [0.717, 1.165) is 53.3 Å². The van der Waals surface area contributed by atoms with Crippen LogP contribution in [0.25, 0.3) is 32.9 Å². The topological polar surface area (TPSA) is 38.9 Å². The normalized spacial score (nSPS) is 16.5. The van der Waals surface area contributed by atoms with Gasteiger partial charge in [-0.3, -0.25) is 9.36 Å². The number of fused-ring (bicyclic) bond motifs is 2. The molecule has 0 saturated carbocycles. The number of rotatable bonds is 2. The quantitative estimate of drug-likeness (QED) is 0.515. The molecule has 5 nitrogen and oxygen atoms in total. The van der Waals surface area contributed by atoms with Gasteiger partial charge in [-0.2, -0.15) is 10.2 Å². The van der Waals surface area contributed by atoms with Crippen molar-refractivity contribution >= 4 is 29.8 Å². The number of hydrogen-bond acceptors (Lipinski definition) is 3. The van der Waals surface area contributed by atoms with Gasteiger partial charge in [-0.05, 0) is 61.3 Å². The molecule has 2 aromatic heterocycles. The van der Waals surface area contributed by atoms with E-state index in [2.05, 4.69) is 22.0 Å². The van der Waals surface area contributed by atoms with Gasteiger partial charge in [0.15, 0.2) is 13.8 Å². The molecule has 3 heterocycles. The van der Waals surface area contributed by atoms with Crippen LogP contribution in [-0.4, -0.2) is 45.4 Å². The summed E-state index contributed by atoms with van der Waals surface area (Å²) >= 11 is 0. The predicted octanol–water partition coefficient (Wildman–Crippen LogP) is 3.45. The molecule has 7 heteroatoms. The molecule has 1 aliphatic rings. The summed E-state index contributed by atoms with van der Waals surface area (Å²) in [6, 6.07) is 9.99. The Bertz CT molecular complexity index is 1140. The molecule has 134 valence electrons. The molecular formula is C20H19BFN5. The molecule has 0 aliphatic carbocycles. The fourth-order valence-corrected chi connectivity index (χ4v) is 3.94. The average molecular weight is 359 g/mol. The SMILES string of the molecule is [B]N1CCC(n2cc3cc(-c4cc(F)c5nn(C)cc5c4)ccc3n2)CC1. The highest BCUT2D eigenvalue weighted by atomic mass is 19.1. The standard InChI is InChI=1S/C20H19BFN5/c1-25-11-16-9-14(10-18(22)20(16)24-25)13-2-3-19-15(8-13)12-27(23-19)17-4-6-26(21)7-5-17/h2-3,8-12,17H,4-7H2,1H3. The molecule has 2 radical (unpaired) electrons. The van der Waals surface area contributed by atoms with E-state index in [-0.39, 0.29) is 5.82 Å². The molecule has 0 atom stereocenters. The maximum atomic E-state index is 14.4. The first-order valence-electron chi connectivity index (χ1n) is 9.19. The minimum Gasteiger partial charge on any atom is -0.353 e. The second-order valence-corrected chi connectivity index (χ2v) is 7.35. The molecule has 1 saturated heterocycles. The van der Waals surface area contributed by atoms with Crippen molar-refractivity contribution in [1.29, 1.82) is 0 Å². The monoisotopic (exact) mass is 359 g/mol. The van der Waals surface area contributed by atoms with Gasteiger partial charge in [-0.15, -0.1) is 0 Å². The molecule has 5 rings (SSSR count). The summed E-state index contributed by atoms with van der Waals surface area (Å²) in [6.45, 7) is 1.77. The van der Waals surface area contributed by atoms with Crippen molar-refractivity contribution in [2.24, 2.45) is 7.05 Å². The lowest BCUT2D eigenvalue weighted by molar-refractivity contribution is 0.269. The van der Waals surface area contributed by atoms with E-state index >= 15 is 0 Å². The molecule has 0 bridgehead atoms. The van der Waals surface area contributed by atoms with Gasteiger partial charge in [0, 0.05) is 30.2 Å². The number of piperidine rings is 1. The van der Waals surface area contributed by atoms with Crippen molar-refractivity contribution in [3.63, 3.8) is 0 Å². The van der Waals surface area contributed by atoms with Gasteiger partial charge in [0.05, 0.1) is 11.6 Å². The zero-order chi connectivity index (χ0) is 18.5. The van der Waals surface area contributed by atoms with Crippen molar-refractivity contribution < 1.29 is 4.39 Å². The molecule has 1 aliphatic heterocycles. The summed E-state index contributed by atoms with van der Waals surface area (Å²) < 4.78 is 18.1. The van der Waals surface area contributed by atoms with Crippen molar-refractivity contribution in [3.8, 4) is 11.1 Å². The Morgan fingerprint density at radius 1 is 1.00 bits per heavy atom. The number of nitrogens with zero attached hydrogens (tertiary/aromatic N) is 5. The Hall–Kier alpha value is -2.67. The van der Waals surface area contributed by atoms with E-state index in [9.17, 15) is 4.39 Å². The Morgan fingerprint density at radius 3 is 2.59 bits per heavy atom. The van der Waals surface area contributed by atoms with Crippen LogP contribution >= 0.6 is 0 Å². The molecular weight excluding hydrogens is 340 g/mol. The molecule has 2 aromatic carbocycles. The first-order valence-corrected chi connectivity index (χ1v) is 9.19. The van der Waals surface area contributed by atoms with Crippen LogP contribution in [0.1, 0.15) is 18.9 Å².